The minimum atomic E-state index is -0.914. The molecule has 4 nitrogen and oxygen atoms in total. The van der Waals surface area contributed by atoms with E-state index < -0.39 is 5.41 Å². The second-order valence-corrected chi connectivity index (χ2v) is 8.67. The van der Waals surface area contributed by atoms with Crippen molar-refractivity contribution >= 4 is 23.2 Å². The van der Waals surface area contributed by atoms with Crippen LogP contribution >= 0.6 is 0 Å². The van der Waals surface area contributed by atoms with Gasteiger partial charge < -0.3 is 10.2 Å². The summed E-state index contributed by atoms with van der Waals surface area (Å²) in [5, 5.41) is 3.06. The van der Waals surface area contributed by atoms with Crippen molar-refractivity contribution in [2.75, 3.05) is 16.8 Å². The molecular weight excluding hydrogens is 336 g/mol. The summed E-state index contributed by atoms with van der Waals surface area (Å²) >= 11 is 0. The average Bonchev–Trinajstić information content (AvgIpc) is 3.34. The summed E-state index contributed by atoms with van der Waals surface area (Å²) in [5.41, 5.74) is 3.02. The molecule has 2 aromatic carbocycles. The molecule has 1 saturated carbocycles. The van der Waals surface area contributed by atoms with Crippen LogP contribution < -0.4 is 10.2 Å². The van der Waals surface area contributed by atoms with Crippen LogP contribution in [-0.2, 0) is 21.4 Å². The second kappa shape index (κ2) is 6.22. The fourth-order valence-electron chi connectivity index (χ4n) is 3.96. The predicted molar refractivity (Wildman–Crippen MR) is 108 cm³/mol. The van der Waals surface area contributed by atoms with Crippen LogP contribution in [0.25, 0.3) is 0 Å². The summed E-state index contributed by atoms with van der Waals surface area (Å²) in [7, 11) is 0. The number of carbonyl (C=O) groups excluding carboxylic acids is 2. The van der Waals surface area contributed by atoms with Gasteiger partial charge in [-0.3, -0.25) is 9.59 Å². The summed E-state index contributed by atoms with van der Waals surface area (Å²) in [6.07, 6.45) is 2.09. The van der Waals surface area contributed by atoms with E-state index in [0.29, 0.717) is 19.4 Å². The molecule has 2 amide bonds. The van der Waals surface area contributed by atoms with Crippen molar-refractivity contribution in [3.05, 3.63) is 59.7 Å². The van der Waals surface area contributed by atoms with E-state index in [4.69, 9.17) is 0 Å². The first-order chi connectivity index (χ1) is 12.8. The van der Waals surface area contributed by atoms with E-state index >= 15 is 0 Å². The van der Waals surface area contributed by atoms with Gasteiger partial charge >= 0.3 is 0 Å². The Bertz CT molecular complexity index is 907. The number of para-hydroxylation sites is 2. The van der Waals surface area contributed by atoms with Gasteiger partial charge in [-0.05, 0) is 47.9 Å². The normalized spacial score (nSPS) is 17.4. The zero-order valence-electron chi connectivity index (χ0n) is 16.2. The number of amides is 2. The maximum atomic E-state index is 13.3. The van der Waals surface area contributed by atoms with E-state index in [0.717, 1.165) is 23.4 Å². The summed E-state index contributed by atoms with van der Waals surface area (Å²) in [4.78, 5) is 28.2. The van der Waals surface area contributed by atoms with Crippen molar-refractivity contribution in [2.45, 2.75) is 45.4 Å². The lowest BCUT2D eigenvalue weighted by Crippen LogP contribution is -2.42. The number of hydrogen-bond acceptors (Lipinski definition) is 2. The lowest BCUT2D eigenvalue weighted by Gasteiger charge is -2.26. The van der Waals surface area contributed by atoms with Gasteiger partial charge in [0.05, 0.1) is 0 Å². The third-order valence-electron chi connectivity index (χ3n) is 5.71. The van der Waals surface area contributed by atoms with Crippen molar-refractivity contribution in [1.82, 2.24) is 0 Å². The molecule has 1 aliphatic heterocycles. The van der Waals surface area contributed by atoms with Crippen LogP contribution in [0.3, 0.4) is 0 Å². The number of hydrogen-bond donors (Lipinski definition) is 1. The molecule has 2 aliphatic rings. The average molecular weight is 362 g/mol. The van der Waals surface area contributed by atoms with E-state index in [1.807, 2.05) is 42.5 Å². The van der Waals surface area contributed by atoms with Crippen LogP contribution in [0.15, 0.2) is 48.5 Å². The van der Waals surface area contributed by atoms with E-state index in [1.165, 1.54) is 5.56 Å². The van der Waals surface area contributed by atoms with Crippen LogP contribution in [0.4, 0.5) is 11.4 Å². The maximum Gasteiger partial charge on any atom is 0.242 e. The number of carbonyl (C=O) groups is 2. The van der Waals surface area contributed by atoms with Crippen LogP contribution in [0.1, 0.15) is 44.7 Å². The Labute approximate surface area is 160 Å². The molecule has 1 aliphatic carbocycles. The van der Waals surface area contributed by atoms with Gasteiger partial charge in [0.2, 0.25) is 11.8 Å². The Kier molecular flexibility index (Phi) is 4.10. The fourth-order valence-corrected chi connectivity index (χ4v) is 3.96. The van der Waals surface area contributed by atoms with Crippen molar-refractivity contribution < 1.29 is 9.59 Å². The fraction of sp³-hybridized carbons (Fsp3) is 0.391. The molecule has 0 radical (unpaired) electrons. The monoisotopic (exact) mass is 362 g/mol. The number of anilines is 2. The van der Waals surface area contributed by atoms with E-state index in [9.17, 15) is 9.59 Å². The lowest BCUT2D eigenvalue weighted by molar-refractivity contribution is -0.132. The number of rotatable bonds is 3. The highest BCUT2D eigenvalue weighted by Crippen LogP contribution is 2.50. The molecule has 0 spiro atoms. The zero-order valence-corrected chi connectivity index (χ0v) is 16.2. The van der Waals surface area contributed by atoms with Crippen LogP contribution in [-0.4, -0.2) is 18.4 Å². The first-order valence-electron chi connectivity index (χ1n) is 9.64. The Morgan fingerprint density at radius 2 is 1.67 bits per heavy atom. The third kappa shape index (κ3) is 3.03. The van der Waals surface area contributed by atoms with Crippen molar-refractivity contribution in [3.8, 4) is 0 Å². The smallest absolute Gasteiger partial charge is 0.242 e. The zero-order chi connectivity index (χ0) is 19.2. The summed E-state index contributed by atoms with van der Waals surface area (Å²) < 4.78 is 0. The highest BCUT2D eigenvalue weighted by molar-refractivity contribution is 6.18. The Balaban J connectivity index is 1.58. The SMILES string of the molecule is CC(C)(C)c1ccccc1NC(=O)C1(C(=O)N2CCc3ccccc32)CC1. The van der Waals surface area contributed by atoms with Gasteiger partial charge in [-0.25, -0.2) is 0 Å². The molecule has 140 valence electrons. The van der Waals surface area contributed by atoms with Crippen LogP contribution in [0.2, 0.25) is 0 Å². The summed E-state index contributed by atoms with van der Waals surface area (Å²) in [5.74, 6) is -0.230. The standard InChI is InChI=1S/C23H26N2O2/c1-22(2,3)17-9-5-6-10-18(17)24-20(26)23(13-14-23)21(27)25-15-12-16-8-4-7-11-19(16)25/h4-11H,12-15H2,1-3H3,(H,24,26). The van der Waals surface area contributed by atoms with Gasteiger partial charge in [-0.15, -0.1) is 0 Å². The molecule has 1 N–H and O–H groups in total. The quantitative estimate of drug-likeness (QED) is 0.828. The molecule has 4 heteroatoms. The first kappa shape index (κ1) is 17.8. The molecule has 0 saturated heterocycles. The van der Waals surface area contributed by atoms with E-state index in [-0.39, 0.29) is 17.2 Å². The van der Waals surface area contributed by atoms with Gasteiger partial charge in [-0.2, -0.15) is 0 Å². The molecule has 0 atom stereocenters. The Morgan fingerprint density at radius 3 is 2.37 bits per heavy atom. The highest BCUT2D eigenvalue weighted by Gasteiger charge is 2.58. The number of nitrogens with one attached hydrogen (secondary N) is 1. The van der Waals surface area contributed by atoms with E-state index in [1.54, 1.807) is 4.90 Å². The van der Waals surface area contributed by atoms with Crippen molar-refractivity contribution in [1.29, 1.82) is 0 Å². The second-order valence-electron chi connectivity index (χ2n) is 8.67. The minimum Gasteiger partial charge on any atom is -0.325 e. The van der Waals surface area contributed by atoms with Gasteiger partial charge in [0.15, 0.2) is 0 Å². The molecule has 27 heavy (non-hydrogen) atoms. The molecule has 1 heterocycles. The van der Waals surface area contributed by atoms with E-state index in [2.05, 4.69) is 32.2 Å². The minimum absolute atomic E-state index is 0.0572. The molecule has 1 fully saturated rings. The van der Waals surface area contributed by atoms with Crippen LogP contribution in [0, 0.1) is 5.41 Å². The predicted octanol–water partition coefficient (Wildman–Crippen LogP) is 4.29. The topological polar surface area (TPSA) is 49.4 Å². The Hall–Kier alpha value is -2.62. The Morgan fingerprint density at radius 1 is 1.00 bits per heavy atom. The van der Waals surface area contributed by atoms with Gasteiger partial charge in [0.1, 0.15) is 5.41 Å². The van der Waals surface area contributed by atoms with Crippen molar-refractivity contribution in [3.63, 3.8) is 0 Å². The summed E-state index contributed by atoms with van der Waals surface area (Å²) in [6.45, 7) is 7.03. The first-order valence-corrected chi connectivity index (χ1v) is 9.64. The molecule has 0 unspecified atom stereocenters. The largest absolute Gasteiger partial charge is 0.325 e. The van der Waals surface area contributed by atoms with Crippen molar-refractivity contribution in [2.24, 2.45) is 5.41 Å². The molecule has 0 aromatic heterocycles. The van der Waals surface area contributed by atoms with Gasteiger partial charge in [-0.1, -0.05) is 57.2 Å². The number of nitrogens with zero attached hydrogens (tertiary/aromatic N) is 1. The number of fused-ring (bicyclic) bond motifs is 1. The number of benzene rings is 2. The molecule has 2 aromatic rings. The molecule has 0 bridgehead atoms. The lowest BCUT2D eigenvalue weighted by atomic mass is 9.85. The van der Waals surface area contributed by atoms with Crippen LogP contribution in [0.5, 0.6) is 0 Å². The third-order valence-corrected chi connectivity index (χ3v) is 5.71. The van der Waals surface area contributed by atoms with Gasteiger partial charge in [0.25, 0.3) is 0 Å². The summed E-state index contributed by atoms with van der Waals surface area (Å²) in [6, 6.07) is 15.8. The molecular formula is C23H26N2O2. The maximum absolute atomic E-state index is 13.3. The highest BCUT2D eigenvalue weighted by atomic mass is 16.2. The van der Waals surface area contributed by atoms with Gasteiger partial charge in [0, 0.05) is 17.9 Å². The molecule has 4 rings (SSSR count).